The van der Waals surface area contributed by atoms with Crippen LogP contribution in [0.1, 0.15) is 42.5 Å². The van der Waals surface area contributed by atoms with E-state index in [1.54, 1.807) is 0 Å². The number of carbonyl (C=O) groups is 1. The van der Waals surface area contributed by atoms with E-state index in [4.69, 9.17) is 9.47 Å². The van der Waals surface area contributed by atoms with Gasteiger partial charge in [-0.2, -0.15) is 0 Å². The highest BCUT2D eigenvalue weighted by Gasteiger charge is 2.36. The van der Waals surface area contributed by atoms with E-state index in [1.165, 1.54) is 6.92 Å². The second-order valence-electron chi connectivity index (χ2n) is 7.46. The number of benzene rings is 2. The van der Waals surface area contributed by atoms with Crippen LogP contribution in [0.5, 0.6) is 11.5 Å². The van der Waals surface area contributed by atoms with Gasteiger partial charge in [-0.15, -0.1) is 0 Å². The molecule has 1 heterocycles. The van der Waals surface area contributed by atoms with Gasteiger partial charge in [-0.1, -0.05) is 18.2 Å². The molecule has 0 fully saturated rings. The number of hydrogen-bond acceptors (Lipinski definition) is 4. The van der Waals surface area contributed by atoms with Crippen molar-refractivity contribution in [3.63, 3.8) is 0 Å². The summed E-state index contributed by atoms with van der Waals surface area (Å²) in [7, 11) is -1.12. The van der Waals surface area contributed by atoms with Crippen LogP contribution in [0.25, 0.3) is 0 Å². The Bertz CT molecular complexity index is 905. The highest BCUT2D eigenvalue weighted by Crippen LogP contribution is 2.44. The van der Waals surface area contributed by atoms with Crippen molar-refractivity contribution in [2.45, 2.75) is 58.0 Å². The van der Waals surface area contributed by atoms with Crippen LogP contribution in [0.3, 0.4) is 0 Å². The lowest BCUT2D eigenvalue weighted by molar-refractivity contribution is -0.132. The predicted octanol–water partition coefficient (Wildman–Crippen LogP) is 4.43. The van der Waals surface area contributed by atoms with Crippen molar-refractivity contribution < 1.29 is 18.5 Å². The molecule has 2 aromatic rings. The molecule has 0 saturated carbocycles. The zero-order valence-electron chi connectivity index (χ0n) is 16.5. The third-order valence-corrected chi connectivity index (χ3v) is 6.92. The molecule has 3 rings (SSSR count). The topological polar surface area (TPSA) is 52.6 Å². The molecule has 27 heavy (non-hydrogen) atoms. The van der Waals surface area contributed by atoms with E-state index in [2.05, 4.69) is 0 Å². The van der Waals surface area contributed by atoms with Crippen molar-refractivity contribution in [2.75, 3.05) is 5.75 Å². The summed E-state index contributed by atoms with van der Waals surface area (Å²) in [5.74, 6) is 1.61. The summed E-state index contributed by atoms with van der Waals surface area (Å²) in [6, 6.07) is 9.51. The monoisotopic (exact) mass is 386 g/mol. The van der Waals surface area contributed by atoms with E-state index in [0.717, 1.165) is 45.7 Å². The second-order valence-corrected chi connectivity index (χ2v) is 8.91. The molecule has 144 valence electrons. The minimum atomic E-state index is -1.12. The van der Waals surface area contributed by atoms with Crippen LogP contribution in [0, 0.1) is 20.8 Å². The van der Waals surface area contributed by atoms with E-state index in [1.807, 2.05) is 58.0 Å². The molecule has 0 aliphatic carbocycles. The molecule has 0 bridgehead atoms. The first kappa shape index (κ1) is 19.6. The Morgan fingerprint density at radius 3 is 2.44 bits per heavy atom. The summed E-state index contributed by atoms with van der Waals surface area (Å²) >= 11 is 0. The summed E-state index contributed by atoms with van der Waals surface area (Å²) in [5, 5.41) is 0. The Hall–Kier alpha value is -2.14. The van der Waals surface area contributed by atoms with Crippen molar-refractivity contribution in [2.24, 2.45) is 0 Å². The average molecular weight is 387 g/mol. The van der Waals surface area contributed by atoms with Gasteiger partial charge in [0, 0.05) is 17.4 Å². The smallest absolute Gasteiger partial charge is 0.308 e. The van der Waals surface area contributed by atoms with Gasteiger partial charge in [-0.25, -0.2) is 0 Å². The highest BCUT2D eigenvalue weighted by molar-refractivity contribution is 7.85. The predicted molar refractivity (Wildman–Crippen MR) is 107 cm³/mol. The lowest BCUT2D eigenvalue weighted by Crippen LogP contribution is -2.42. The molecule has 2 unspecified atom stereocenters. The van der Waals surface area contributed by atoms with Crippen LogP contribution in [-0.2, 0) is 22.0 Å². The van der Waals surface area contributed by atoms with Crippen molar-refractivity contribution in [3.05, 3.63) is 52.6 Å². The van der Waals surface area contributed by atoms with Crippen LogP contribution in [-0.4, -0.2) is 21.5 Å². The molecule has 2 aromatic carbocycles. The van der Waals surface area contributed by atoms with Crippen LogP contribution in [0.4, 0.5) is 0 Å². The number of ether oxygens (including phenoxy) is 2. The molecule has 0 N–H and O–H groups in total. The molecule has 2 atom stereocenters. The lowest BCUT2D eigenvalue weighted by atomic mass is 9.88. The van der Waals surface area contributed by atoms with Gasteiger partial charge in [-0.05, 0) is 69.4 Å². The van der Waals surface area contributed by atoms with Crippen molar-refractivity contribution in [1.82, 2.24) is 0 Å². The van der Waals surface area contributed by atoms with E-state index < -0.39 is 16.4 Å². The molecule has 5 heteroatoms. The Kier molecular flexibility index (Phi) is 5.43. The Labute approximate surface area is 163 Å². The van der Waals surface area contributed by atoms with E-state index in [-0.39, 0.29) is 5.97 Å². The lowest BCUT2D eigenvalue weighted by Gasteiger charge is -2.37. The Balaban J connectivity index is 1.92. The second kappa shape index (κ2) is 7.47. The van der Waals surface area contributed by atoms with Gasteiger partial charge in [-0.3, -0.25) is 9.00 Å². The molecular weight excluding hydrogens is 360 g/mol. The maximum Gasteiger partial charge on any atom is 0.308 e. The largest absolute Gasteiger partial charge is 0.486 e. The fourth-order valence-electron chi connectivity index (χ4n) is 3.61. The molecule has 0 spiro atoms. The summed E-state index contributed by atoms with van der Waals surface area (Å²) in [6.07, 6.45) is 1.57. The fraction of sp³-hybridized carbons (Fsp3) is 0.409. The van der Waals surface area contributed by atoms with Crippen LogP contribution in [0.15, 0.2) is 35.2 Å². The average Bonchev–Trinajstić information content (AvgIpc) is 2.63. The van der Waals surface area contributed by atoms with Gasteiger partial charge in [0.05, 0.1) is 16.6 Å². The SMILES string of the molecule is CC(=O)Oc1c(C)c(C)c2c(c1C)CCC(C)(CS(=O)c1ccccc1)O2. The standard InChI is InChI=1S/C22H26O4S/c1-14-15(2)21-19(16(3)20(14)25-17(4)23)11-12-22(5,26-21)13-27(24)18-9-7-6-8-10-18/h6-10H,11-13H2,1-5H3. The van der Waals surface area contributed by atoms with E-state index >= 15 is 0 Å². The van der Waals surface area contributed by atoms with Crippen molar-refractivity contribution in [3.8, 4) is 11.5 Å². The number of carbonyl (C=O) groups excluding carboxylic acids is 1. The van der Waals surface area contributed by atoms with Crippen LogP contribution >= 0.6 is 0 Å². The molecule has 0 radical (unpaired) electrons. The maximum absolute atomic E-state index is 12.8. The van der Waals surface area contributed by atoms with Gasteiger partial charge in [0.1, 0.15) is 17.1 Å². The summed E-state index contributed by atoms with van der Waals surface area (Å²) < 4.78 is 24.7. The summed E-state index contributed by atoms with van der Waals surface area (Å²) in [5.41, 5.74) is 3.42. The fourth-order valence-corrected chi connectivity index (χ4v) is 5.00. The Morgan fingerprint density at radius 2 is 1.81 bits per heavy atom. The van der Waals surface area contributed by atoms with Crippen LogP contribution in [0.2, 0.25) is 0 Å². The molecule has 0 amide bonds. The van der Waals surface area contributed by atoms with Crippen LogP contribution < -0.4 is 9.47 Å². The number of rotatable bonds is 4. The highest BCUT2D eigenvalue weighted by atomic mass is 32.2. The summed E-state index contributed by atoms with van der Waals surface area (Å²) in [4.78, 5) is 12.3. The minimum Gasteiger partial charge on any atom is -0.486 e. The first-order valence-electron chi connectivity index (χ1n) is 9.15. The van der Waals surface area contributed by atoms with Gasteiger partial charge >= 0.3 is 5.97 Å². The van der Waals surface area contributed by atoms with E-state index in [0.29, 0.717) is 11.5 Å². The zero-order valence-corrected chi connectivity index (χ0v) is 17.4. The zero-order chi connectivity index (χ0) is 19.8. The number of esters is 1. The van der Waals surface area contributed by atoms with Crippen molar-refractivity contribution >= 4 is 16.8 Å². The van der Waals surface area contributed by atoms with E-state index in [9.17, 15) is 9.00 Å². The molecule has 4 nitrogen and oxygen atoms in total. The van der Waals surface area contributed by atoms with Gasteiger partial charge in [0.15, 0.2) is 0 Å². The third-order valence-electron chi connectivity index (χ3n) is 5.25. The number of hydrogen-bond donors (Lipinski definition) is 0. The molecular formula is C22H26O4S. The van der Waals surface area contributed by atoms with Gasteiger partial charge < -0.3 is 9.47 Å². The third kappa shape index (κ3) is 3.93. The first-order chi connectivity index (χ1) is 12.7. The minimum absolute atomic E-state index is 0.319. The maximum atomic E-state index is 12.8. The van der Waals surface area contributed by atoms with Gasteiger partial charge in [0.2, 0.25) is 0 Å². The molecule has 1 aliphatic rings. The number of fused-ring (bicyclic) bond motifs is 1. The van der Waals surface area contributed by atoms with Crippen molar-refractivity contribution in [1.29, 1.82) is 0 Å². The molecule has 0 aromatic heterocycles. The quantitative estimate of drug-likeness (QED) is 0.576. The van der Waals surface area contributed by atoms with Gasteiger partial charge in [0.25, 0.3) is 0 Å². The summed E-state index contributed by atoms with van der Waals surface area (Å²) in [6.45, 7) is 9.34. The molecule has 0 saturated heterocycles. The molecule has 1 aliphatic heterocycles. The Morgan fingerprint density at radius 1 is 1.15 bits per heavy atom. The first-order valence-corrected chi connectivity index (χ1v) is 10.5. The normalized spacial score (nSPS) is 19.7.